The van der Waals surface area contributed by atoms with Crippen LogP contribution in [0.1, 0.15) is 23.9 Å². The number of nitrogens with one attached hydrogen (secondary N) is 1. The molecule has 1 unspecified atom stereocenters. The molecule has 1 atom stereocenters. The molecule has 0 saturated heterocycles. The lowest BCUT2D eigenvalue weighted by Gasteiger charge is -2.12. The predicted molar refractivity (Wildman–Crippen MR) is 110 cm³/mol. The van der Waals surface area contributed by atoms with Crippen LogP contribution in [0.25, 0.3) is 0 Å². The van der Waals surface area contributed by atoms with Crippen LogP contribution in [0.5, 0.6) is 0 Å². The monoisotopic (exact) mass is 440 g/mol. The largest absolute Gasteiger partial charge is 0.293 e. The highest BCUT2D eigenvalue weighted by Gasteiger charge is 2.18. The minimum absolute atomic E-state index is 0.203. The smallest absolute Gasteiger partial charge is 0.248 e. The molecule has 1 amide bonds. The second-order valence-electron chi connectivity index (χ2n) is 6.56. The number of hydrogen-bond donors (Lipinski definition) is 1. The number of aromatic nitrogens is 5. The van der Waals surface area contributed by atoms with Crippen molar-refractivity contribution >= 4 is 46.7 Å². The van der Waals surface area contributed by atoms with Gasteiger partial charge >= 0.3 is 0 Å². The van der Waals surface area contributed by atoms with Crippen molar-refractivity contribution in [3.63, 3.8) is 0 Å². The lowest BCUT2D eigenvalue weighted by molar-refractivity contribution is -0.119. The number of nitrogens with zero attached hydrogens (tertiary/aromatic N) is 5. The summed E-state index contributed by atoms with van der Waals surface area (Å²) >= 11 is 18.2. The minimum atomic E-state index is -0.341. The molecule has 0 saturated carbocycles. The average Bonchev–Trinajstić information content (AvgIpc) is 3.17. The first-order valence-corrected chi connectivity index (χ1v) is 9.71. The highest BCUT2D eigenvalue weighted by Crippen LogP contribution is 2.22. The molecule has 0 fully saturated rings. The van der Waals surface area contributed by atoms with Gasteiger partial charge in [0.1, 0.15) is 6.33 Å². The van der Waals surface area contributed by atoms with Gasteiger partial charge in [-0.3, -0.25) is 14.8 Å². The number of amides is 1. The van der Waals surface area contributed by atoms with Crippen molar-refractivity contribution in [1.29, 1.82) is 0 Å². The molecule has 0 aliphatic rings. The number of anilines is 1. The van der Waals surface area contributed by atoms with Gasteiger partial charge < -0.3 is 0 Å². The molecule has 2 heterocycles. The highest BCUT2D eigenvalue weighted by atomic mass is 35.5. The molecule has 1 aromatic carbocycles. The summed E-state index contributed by atoms with van der Waals surface area (Å²) in [5, 5.41) is 13.1. The minimum Gasteiger partial charge on any atom is -0.293 e. The van der Waals surface area contributed by atoms with Crippen LogP contribution in [0.4, 0.5) is 5.95 Å². The summed E-state index contributed by atoms with van der Waals surface area (Å²) in [7, 11) is 0. The number of carbonyl (C=O) groups is 1. The number of carbonyl (C=O) groups excluding carboxylic acids is 1. The standard InChI is InChI=1S/C18H19Cl3N6O/c1-10(7-27-12(3)16(21)11(2)24-27)17(28)23-18-22-9-26(25-18)8-13-4-5-14(19)6-15(13)20/h4-6,9-10H,7-8H2,1-3H3,(H,23,25,28). The second kappa shape index (κ2) is 8.51. The van der Waals surface area contributed by atoms with E-state index in [9.17, 15) is 4.79 Å². The Labute approximate surface area is 177 Å². The molecule has 0 aliphatic carbocycles. The Kier molecular flexibility index (Phi) is 6.27. The zero-order chi connectivity index (χ0) is 20.4. The predicted octanol–water partition coefficient (Wildman–Crippen LogP) is 4.37. The fourth-order valence-electron chi connectivity index (χ4n) is 2.68. The summed E-state index contributed by atoms with van der Waals surface area (Å²) in [4.78, 5) is 16.6. The third kappa shape index (κ3) is 4.66. The van der Waals surface area contributed by atoms with E-state index < -0.39 is 0 Å². The molecule has 148 valence electrons. The van der Waals surface area contributed by atoms with Crippen LogP contribution in [0.15, 0.2) is 24.5 Å². The molecule has 10 heteroatoms. The van der Waals surface area contributed by atoms with Crippen LogP contribution in [0, 0.1) is 19.8 Å². The quantitative estimate of drug-likeness (QED) is 0.616. The molecule has 0 radical (unpaired) electrons. The van der Waals surface area contributed by atoms with E-state index in [2.05, 4.69) is 20.5 Å². The summed E-state index contributed by atoms with van der Waals surface area (Å²) in [6.07, 6.45) is 1.53. The summed E-state index contributed by atoms with van der Waals surface area (Å²) in [6, 6.07) is 5.26. The van der Waals surface area contributed by atoms with E-state index in [-0.39, 0.29) is 17.8 Å². The van der Waals surface area contributed by atoms with Crippen LogP contribution in [0.3, 0.4) is 0 Å². The summed E-state index contributed by atoms with van der Waals surface area (Å²) < 4.78 is 3.33. The first-order chi connectivity index (χ1) is 13.2. The van der Waals surface area contributed by atoms with Crippen LogP contribution in [0.2, 0.25) is 15.1 Å². The molecule has 0 spiro atoms. The Morgan fingerprint density at radius 2 is 1.96 bits per heavy atom. The van der Waals surface area contributed by atoms with Crippen LogP contribution in [-0.2, 0) is 17.9 Å². The second-order valence-corrected chi connectivity index (χ2v) is 7.78. The van der Waals surface area contributed by atoms with E-state index in [0.717, 1.165) is 17.0 Å². The van der Waals surface area contributed by atoms with Gasteiger partial charge in [-0.25, -0.2) is 9.67 Å². The lowest BCUT2D eigenvalue weighted by Crippen LogP contribution is -2.26. The van der Waals surface area contributed by atoms with Crippen molar-refractivity contribution < 1.29 is 4.79 Å². The van der Waals surface area contributed by atoms with Gasteiger partial charge in [0.15, 0.2) is 0 Å². The van der Waals surface area contributed by atoms with Gasteiger partial charge in [-0.2, -0.15) is 5.10 Å². The SMILES string of the molecule is Cc1nn(CC(C)C(=O)Nc2ncn(Cc3ccc(Cl)cc3Cl)n2)c(C)c1Cl. The number of halogens is 3. The van der Waals surface area contributed by atoms with E-state index in [1.165, 1.54) is 6.33 Å². The van der Waals surface area contributed by atoms with Crippen molar-refractivity contribution in [2.45, 2.75) is 33.9 Å². The van der Waals surface area contributed by atoms with Gasteiger partial charge in [0.05, 0.1) is 35.4 Å². The van der Waals surface area contributed by atoms with Crippen molar-refractivity contribution in [2.24, 2.45) is 5.92 Å². The van der Waals surface area contributed by atoms with E-state index in [4.69, 9.17) is 34.8 Å². The molecule has 1 N–H and O–H groups in total. The topological polar surface area (TPSA) is 77.6 Å². The first kappa shape index (κ1) is 20.6. The maximum atomic E-state index is 12.5. The Morgan fingerprint density at radius 3 is 2.61 bits per heavy atom. The van der Waals surface area contributed by atoms with Crippen molar-refractivity contribution in [3.05, 3.63) is 56.5 Å². The normalized spacial score (nSPS) is 12.2. The molecule has 3 aromatic rings. The van der Waals surface area contributed by atoms with E-state index >= 15 is 0 Å². The third-order valence-corrected chi connectivity index (χ3v) is 5.44. The molecule has 7 nitrogen and oxygen atoms in total. The van der Waals surface area contributed by atoms with Crippen molar-refractivity contribution in [3.8, 4) is 0 Å². The Balaban J connectivity index is 1.62. The molecule has 28 heavy (non-hydrogen) atoms. The maximum absolute atomic E-state index is 12.5. The fraction of sp³-hybridized carbons (Fsp3) is 0.333. The zero-order valence-corrected chi connectivity index (χ0v) is 17.8. The number of aryl methyl sites for hydroxylation is 1. The lowest BCUT2D eigenvalue weighted by atomic mass is 10.1. The summed E-state index contributed by atoms with van der Waals surface area (Å²) in [5.74, 6) is -0.314. The highest BCUT2D eigenvalue weighted by molar-refractivity contribution is 6.35. The Morgan fingerprint density at radius 1 is 1.21 bits per heavy atom. The number of hydrogen-bond acceptors (Lipinski definition) is 4. The maximum Gasteiger partial charge on any atom is 0.248 e. The van der Waals surface area contributed by atoms with Gasteiger partial charge in [-0.05, 0) is 31.5 Å². The fourth-order valence-corrected chi connectivity index (χ4v) is 3.28. The molecular weight excluding hydrogens is 423 g/mol. The van der Waals surface area contributed by atoms with Gasteiger partial charge in [-0.15, -0.1) is 5.10 Å². The van der Waals surface area contributed by atoms with Gasteiger partial charge in [0.25, 0.3) is 0 Å². The Bertz CT molecular complexity index is 1010. The third-order valence-electron chi connectivity index (χ3n) is 4.31. The molecule has 0 aliphatic heterocycles. The summed E-state index contributed by atoms with van der Waals surface area (Å²) in [5.41, 5.74) is 2.43. The van der Waals surface area contributed by atoms with Crippen LogP contribution >= 0.6 is 34.8 Å². The van der Waals surface area contributed by atoms with E-state index in [0.29, 0.717) is 28.2 Å². The molecule has 2 aromatic heterocycles. The molecule has 0 bridgehead atoms. The number of benzene rings is 1. The van der Waals surface area contributed by atoms with Crippen LogP contribution in [-0.4, -0.2) is 30.5 Å². The summed E-state index contributed by atoms with van der Waals surface area (Å²) in [6.45, 7) is 6.34. The van der Waals surface area contributed by atoms with Crippen molar-refractivity contribution in [2.75, 3.05) is 5.32 Å². The van der Waals surface area contributed by atoms with E-state index in [1.54, 1.807) is 21.5 Å². The first-order valence-electron chi connectivity index (χ1n) is 8.58. The molecule has 3 rings (SSSR count). The zero-order valence-electron chi connectivity index (χ0n) is 15.6. The van der Waals surface area contributed by atoms with Gasteiger partial charge in [-0.1, -0.05) is 47.8 Å². The average molecular weight is 442 g/mol. The van der Waals surface area contributed by atoms with E-state index in [1.807, 2.05) is 26.8 Å². The van der Waals surface area contributed by atoms with Gasteiger partial charge in [0, 0.05) is 10.0 Å². The molecular formula is C18H19Cl3N6O. The van der Waals surface area contributed by atoms with Crippen LogP contribution < -0.4 is 5.32 Å². The number of rotatable bonds is 6. The van der Waals surface area contributed by atoms with Gasteiger partial charge in [0.2, 0.25) is 11.9 Å². The Hall–Kier alpha value is -2.09. The van der Waals surface area contributed by atoms with Crippen molar-refractivity contribution in [1.82, 2.24) is 24.5 Å².